The first-order valence-electron chi connectivity index (χ1n) is 6.78. The fourth-order valence-electron chi connectivity index (χ4n) is 2.42. The summed E-state index contributed by atoms with van der Waals surface area (Å²) in [5.74, 6) is -0.404. The molecule has 3 rings (SSSR count). The van der Waals surface area contributed by atoms with Crippen LogP contribution in [0, 0.1) is 0 Å². The number of hydrogen-bond acceptors (Lipinski definition) is 4. The molecule has 0 aromatic heterocycles. The maximum Gasteiger partial charge on any atom is 0.267 e. The number of oxime groups is 1. The van der Waals surface area contributed by atoms with Crippen LogP contribution in [0.3, 0.4) is 0 Å². The van der Waals surface area contributed by atoms with Crippen LogP contribution in [-0.4, -0.2) is 48.2 Å². The maximum atomic E-state index is 12.4. The largest absolute Gasteiger partial charge is 0.382 e. The summed E-state index contributed by atoms with van der Waals surface area (Å²) in [6.45, 7) is 0.977. The number of rotatable bonds is 2. The third-order valence-corrected chi connectivity index (χ3v) is 4.08. The zero-order valence-electron chi connectivity index (χ0n) is 11.5. The van der Waals surface area contributed by atoms with Crippen LogP contribution in [-0.2, 0) is 14.4 Å². The van der Waals surface area contributed by atoms with Gasteiger partial charge in [0.05, 0.1) is 17.3 Å². The third kappa shape index (κ3) is 3.03. The fraction of sp³-hybridized carbons (Fsp3) is 0.357. The number of nitrogens with one attached hydrogen (secondary N) is 1. The van der Waals surface area contributed by atoms with E-state index in [0.717, 1.165) is 0 Å². The highest BCUT2D eigenvalue weighted by Gasteiger charge is 2.34. The highest BCUT2D eigenvalue weighted by molar-refractivity contribution is 6.37. The minimum Gasteiger partial charge on any atom is -0.382 e. The zero-order chi connectivity index (χ0) is 15.7. The lowest BCUT2D eigenvalue weighted by molar-refractivity contribution is -0.146. The van der Waals surface area contributed by atoms with E-state index >= 15 is 0 Å². The maximum absolute atomic E-state index is 12.4. The van der Waals surface area contributed by atoms with E-state index in [2.05, 4.69) is 10.5 Å². The molecule has 1 atom stereocenters. The molecule has 1 saturated heterocycles. The summed E-state index contributed by atoms with van der Waals surface area (Å²) >= 11 is 12.0. The van der Waals surface area contributed by atoms with Crippen molar-refractivity contribution in [3.8, 4) is 0 Å². The smallest absolute Gasteiger partial charge is 0.267 e. The van der Waals surface area contributed by atoms with E-state index in [1.165, 1.54) is 4.90 Å². The van der Waals surface area contributed by atoms with E-state index < -0.39 is 6.10 Å². The predicted octanol–water partition coefficient (Wildman–Crippen LogP) is 1.44. The molecule has 0 aliphatic carbocycles. The lowest BCUT2D eigenvalue weighted by atomic mass is 10.0. The Morgan fingerprint density at radius 2 is 2.23 bits per heavy atom. The highest BCUT2D eigenvalue weighted by Crippen LogP contribution is 2.26. The number of carbonyl (C=O) groups is 2. The number of benzene rings is 1. The minimum absolute atomic E-state index is 0.0513. The van der Waals surface area contributed by atoms with Gasteiger partial charge in [-0.2, -0.15) is 0 Å². The van der Waals surface area contributed by atoms with Crippen LogP contribution < -0.4 is 5.32 Å². The molecular weight excluding hydrogens is 329 g/mol. The molecule has 1 aromatic carbocycles. The van der Waals surface area contributed by atoms with Gasteiger partial charge in [0, 0.05) is 30.1 Å². The van der Waals surface area contributed by atoms with E-state index in [9.17, 15) is 9.59 Å². The van der Waals surface area contributed by atoms with E-state index in [1.807, 2.05) is 0 Å². The molecule has 2 amide bonds. The number of carbonyl (C=O) groups excluding carboxylic acids is 2. The molecule has 0 bridgehead atoms. The number of piperazine rings is 1. The van der Waals surface area contributed by atoms with Crippen LogP contribution in [0.4, 0.5) is 0 Å². The number of amides is 2. The van der Waals surface area contributed by atoms with Crippen molar-refractivity contribution in [2.75, 3.05) is 19.6 Å². The average Bonchev–Trinajstić information content (AvgIpc) is 2.96. The Hall–Kier alpha value is -1.79. The van der Waals surface area contributed by atoms with Crippen LogP contribution in [0.2, 0.25) is 10.0 Å². The molecule has 1 fully saturated rings. The molecule has 0 radical (unpaired) electrons. The molecule has 6 nitrogen and oxygen atoms in total. The van der Waals surface area contributed by atoms with Gasteiger partial charge in [0.2, 0.25) is 12.0 Å². The Kier molecular flexibility index (Phi) is 4.22. The second-order valence-corrected chi connectivity index (χ2v) is 5.91. The molecule has 1 aromatic rings. The fourth-order valence-corrected chi connectivity index (χ4v) is 2.94. The quantitative estimate of drug-likeness (QED) is 0.884. The summed E-state index contributed by atoms with van der Waals surface area (Å²) in [5, 5.41) is 7.61. The normalized spacial score (nSPS) is 21.2. The lowest BCUT2D eigenvalue weighted by Gasteiger charge is -2.27. The van der Waals surface area contributed by atoms with Crippen molar-refractivity contribution >= 4 is 40.7 Å². The monoisotopic (exact) mass is 341 g/mol. The zero-order valence-corrected chi connectivity index (χ0v) is 13.0. The number of hydrogen-bond donors (Lipinski definition) is 1. The first-order valence-corrected chi connectivity index (χ1v) is 7.54. The molecule has 0 spiro atoms. The molecule has 2 heterocycles. The second-order valence-electron chi connectivity index (χ2n) is 5.07. The summed E-state index contributed by atoms with van der Waals surface area (Å²) in [5.41, 5.74) is 1.29. The van der Waals surface area contributed by atoms with Gasteiger partial charge in [0.15, 0.2) is 0 Å². The molecule has 22 heavy (non-hydrogen) atoms. The lowest BCUT2D eigenvalue weighted by Crippen LogP contribution is -2.52. The van der Waals surface area contributed by atoms with Gasteiger partial charge in [-0.3, -0.25) is 9.59 Å². The number of nitrogens with zero attached hydrogens (tertiary/aromatic N) is 2. The molecule has 8 heteroatoms. The third-order valence-electron chi connectivity index (χ3n) is 3.54. The first-order chi connectivity index (χ1) is 10.5. The summed E-state index contributed by atoms with van der Waals surface area (Å²) < 4.78 is 0. The van der Waals surface area contributed by atoms with E-state index in [0.29, 0.717) is 40.8 Å². The van der Waals surface area contributed by atoms with Gasteiger partial charge in [-0.05, 0) is 12.1 Å². The van der Waals surface area contributed by atoms with Crippen molar-refractivity contribution in [1.29, 1.82) is 0 Å². The van der Waals surface area contributed by atoms with Crippen molar-refractivity contribution in [3.05, 3.63) is 33.8 Å². The Bertz CT molecular complexity index is 663. The Morgan fingerprint density at radius 3 is 2.95 bits per heavy atom. The molecule has 2 aliphatic heterocycles. The molecular formula is C14H13Cl2N3O3. The van der Waals surface area contributed by atoms with E-state index in [1.54, 1.807) is 18.2 Å². The van der Waals surface area contributed by atoms with Gasteiger partial charge in [-0.1, -0.05) is 34.4 Å². The second kappa shape index (κ2) is 6.14. The Morgan fingerprint density at radius 1 is 1.41 bits per heavy atom. The summed E-state index contributed by atoms with van der Waals surface area (Å²) in [6, 6.07) is 5.06. The number of halogens is 2. The average molecular weight is 342 g/mol. The Labute approximate surface area is 137 Å². The first kappa shape index (κ1) is 15.1. The van der Waals surface area contributed by atoms with Crippen molar-refractivity contribution in [2.45, 2.75) is 12.5 Å². The van der Waals surface area contributed by atoms with Crippen molar-refractivity contribution in [3.63, 3.8) is 0 Å². The molecule has 0 saturated carbocycles. The molecule has 0 unspecified atom stereocenters. The molecule has 116 valence electrons. The SMILES string of the molecule is O=C1CN(C(=O)[C@@H]2CC(c3ccc(Cl)cc3Cl)=NO2)CCN1. The summed E-state index contributed by atoms with van der Waals surface area (Å²) in [6.07, 6.45) is -0.397. The standard InChI is InChI=1S/C14H13Cl2N3O3/c15-8-1-2-9(10(16)5-8)11-6-12(22-18-11)14(21)19-4-3-17-13(20)7-19/h1-2,5,12H,3-4,6-7H2,(H,17,20)/t12-/m0/s1. The van der Waals surface area contributed by atoms with Gasteiger partial charge < -0.3 is 15.1 Å². The van der Waals surface area contributed by atoms with Crippen molar-refractivity contribution < 1.29 is 14.4 Å². The predicted molar refractivity (Wildman–Crippen MR) is 82.1 cm³/mol. The topological polar surface area (TPSA) is 71.0 Å². The van der Waals surface area contributed by atoms with E-state index in [-0.39, 0.29) is 18.4 Å². The van der Waals surface area contributed by atoms with Gasteiger partial charge in [-0.25, -0.2) is 0 Å². The van der Waals surface area contributed by atoms with Crippen LogP contribution in [0.1, 0.15) is 12.0 Å². The molecule has 1 N–H and O–H groups in total. The van der Waals surface area contributed by atoms with Gasteiger partial charge in [0.25, 0.3) is 5.91 Å². The van der Waals surface area contributed by atoms with Gasteiger partial charge in [-0.15, -0.1) is 0 Å². The molecule has 2 aliphatic rings. The van der Waals surface area contributed by atoms with Crippen LogP contribution in [0.15, 0.2) is 23.4 Å². The van der Waals surface area contributed by atoms with Gasteiger partial charge >= 0.3 is 0 Å². The van der Waals surface area contributed by atoms with Crippen molar-refractivity contribution in [1.82, 2.24) is 10.2 Å². The minimum atomic E-state index is -0.715. The highest BCUT2D eigenvalue weighted by atomic mass is 35.5. The van der Waals surface area contributed by atoms with Crippen molar-refractivity contribution in [2.24, 2.45) is 5.16 Å². The van der Waals surface area contributed by atoms with Crippen LogP contribution in [0.25, 0.3) is 0 Å². The summed E-state index contributed by atoms with van der Waals surface area (Å²) in [7, 11) is 0. The van der Waals surface area contributed by atoms with E-state index in [4.69, 9.17) is 28.0 Å². The summed E-state index contributed by atoms with van der Waals surface area (Å²) in [4.78, 5) is 30.4. The van der Waals surface area contributed by atoms with Crippen LogP contribution in [0.5, 0.6) is 0 Å². The van der Waals surface area contributed by atoms with Gasteiger partial charge in [0.1, 0.15) is 0 Å². The Balaban J connectivity index is 1.68. The van der Waals surface area contributed by atoms with Crippen LogP contribution >= 0.6 is 23.2 Å².